The first-order chi connectivity index (χ1) is 25.0. The van der Waals surface area contributed by atoms with Crippen molar-refractivity contribution >= 4 is 27.8 Å². The first-order valence-electron chi connectivity index (χ1n) is 18.8. The molecule has 1 nitrogen and oxygen atoms in total. The smallest absolute Gasteiger partial charge is 0.0508 e. The van der Waals surface area contributed by atoms with E-state index in [-0.39, 0.29) is 5.41 Å². The second-order valence-corrected chi connectivity index (χ2v) is 15.8. The lowest BCUT2D eigenvalue weighted by Crippen LogP contribution is -2.21. The summed E-state index contributed by atoms with van der Waals surface area (Å²) in [7, 11) is 0. The molecule has 248 valence electrons. The minimum Gasteiger partial charge on any atom is -0.310 e. The average molecular weight is 658 g/mol. The second kappa shape index (κ2) is 11.6. The molecule has 1 heteroatoms. The number of rotatable bonds is 6. The number of hydrogen-bond donors (Lipinski definition) is 0. The highest BCUT2D eigenvalue weighted by molar-refractivity contribution is 6.06. The Balaban J connectivity index is 1.16. The van der Waals surface area contributed by atoms with Crippen molar-refractivity contribution in [2.24, 2.45) is 5.92 Å². The summed E-state index contributed by atoms with van der Waals surface area (Å²) in [6.07, 6.45) is 6.85. The molecule has 2 fully saturated rings. The molecule has 3 aliphatic rings. The van der Waals surface area contributed by atoms with Crippen molar-refractivity contribution in [3.05, 3.63) is 174 Å². The van der Waals surface area contributed by atoms with E-state index in [4.69, 9.17) is 0 Å². The quantitative estimate of drug-likeness (QED) is 0.172. The Kier molecular flexibility index (Phi) is 6.90. The van der Waals surface area contributed by atoms with Crippen LogP contribution in [0.25, 0.3) is 44.2 Å². The Morgan fingerprint density at radius 3 is 1.90 bits per heavy atom. The molecule has 7 aromatic carbocycles. The van der Waals surface area contributed by atoms with Gasteiger partial charge in [-0.25, -0.2) is 0 Å². The first-order valence-corrected chi connectivity index (χ1v) is 18.8. The van der Waals surface area contributed by atoms with E-state index in [0.29, 0.717) is 5.41 Å². The van der Waals surface area contributed by atoms with Crippen molar-refractivity contribution in [2.45, 2.75) is 56.8 Å². The summed E-state index contributed by atoms with van der Waals surface area (Å²) in [4.78, 5) is 2.53. The molecule has 0 aromatic heterocycles. The van der Waals surface area contributed by atoms with Crippen LogP contribution in [0.15, 0.2) is 158 Å². The number of nitrogens with zero attached hydrogens (tertiary/aromatic N) is 1. The molecule has 2 bridgehead atoms. The molecule has 0 atom stereocenters. The Hall–Kier alpha value is -5.40. The van der Waals surface area contributed by atoms with Gasteiger partial charge in [-0.1, -0.05) is 141 Å². The van der Waals surface area contributed by atoms with E-state index in [0.717, 1.165) is 5.92 Å². The van der Waals surface area contributed by atoms with Crippen LogP contribution in [0.2, 0.25) is 0 Å². The zero-order chi connectivity index (χ0) is 34.2. The third-order valence-corrected chi connectivity index (χ3v) is 12.7. The van der Waals surface area contributed by atoms with E-state index in [1.165, 1.54) is 110 Å². The van der Waals surface area contributed by atoms with E-state index >= 15 is 0 Å². The largest absolute Gasteiger partial charge is 0.310 e. The molecule has 0 amide bonds. The minimum atomic E-state index is -0.139. The standard InChI is InChI=1S/C50H43N/c1-49(2)45-22-7-6-18-43(45)44-21-11-23-46(48(44)49)51(39-26-24-38(25-27-39)50-30-28-34(33-50)29-31-50)40-17-8-16-37(32-40)42-20-10-15-36-14-9-19-41(47(36)42)35-12-4-3-5-13-35/h3-27,32,34H,28-31,33H2,1-2H3. The van der Waals surface area contributed by atoms with Gasteiger partial charge < -0.3 is 4.90 Å². The van der Waals surface area contributed by atoms with Crippen molar-refractivity contribution in [3.8, 4) is 33.4 Å². The molecule has 0 aliphatic heterocycles. The normalized spacial score (nSPS) is 19.6. The zero-order valence-corrected chi connectivity index (χ0v) is 29.6. The van der Waals surface area contributed by atoms with Gasteiger partial charge in [0.05, 0.1) is 5.69 Å². The van der Waals surface area contributed by atoms with Crippen LogP contribution in [-0.4, -0.2) is 0 Å². The molecule has 0 radical (unpaired) electrons. The molecule has 7 aromatic rings. The van der Waals surface area contributed by atoms with E-state index in [2.05, 4.69) is 176 Å². The Morgan fingerprint density at radius 2 is 1.16 bits per heavy atom. The topological polar surface area (TPSA) is 3.24 Å². The monoisotopic (exact) mass is 657 g/mol. The lowest BCUT2D eigenvalue weighted by atomic mass is 9.77. The van der Waals surface area contributed by atoms with Crippen molar-refractivity contribution in [1.82, 2.24) is 0 Å². The van der Waals surface area contributed by atoms with Gasteiger partial charge in [0.1, 0.15) is 0 Å². The fourth-order valence-corrected chi connectivity index (χ4v) is 10.2. The summed E-state index contributed by atoms with van der Waals surface area (Å²) in [6.45, 7) is 4.80. The highest BCUT2D eigenvalue weighted by Crippen LogP contribution is 2.57. The van der Waals surface area contributed by atoms with Crippen LogP contribution < -0.4 is 4.90 Å². The maximum Gasteiger partial charge on any atom is 0.0508 e. The van der Waals surface area contributed by atoms with Gasteiger partial charge in [0.25, 0.3) is 0 Å². The van der Waals surface area contributed by atoms with Crippen LogP contribution in [0.5, 0.6) is 0 Å². The summed E-state index contributed by atoms with van der Waals surface area (Å²) < 4.78 is 0. The van der Waals surface area contributed by atoms with Gasteiger partial charge in [0, 0.05) is 16.8 Å². The fourth-order valence-electron chi connectivity index (χ4n) is 10.2. The van der Waals surface area contributed by atoms with Gasteiger partial charge in [-0.05, 0) is 135 Å². The van der Waals surface area contributed by atoms with E-state index in [1.54, 1.807) is 0 Å². The van der Waals surface area contributed by atoms with E-state index in [9.17, 15) is 0 Å². The summed E-state index contributed by atoms with van der Waals surface area (Å²) in [5.41, 5.74) is 15.9. The van der Waals surface area contributed by atoms with Gasteiger partial charge in [-0.3, -0.25) is 0 Å². The third-order valence-electron chi connectivity index (χ3n) is 12.7. The molecule has 0 heterocycles. The molecular weight excluding hydrogens is 615 g/mol. The third kappa shape index (κ3) is 4.75. The highest BCUT2D eigenvalue weighted by atomic mass is 15.1. The van der Waals surface area contributed by atoms with Gasteiger partial charge in [0.2, 0.25) is 0 Å². The van der Waals surface area contributed by atoms with Crippen molar-refractivity contribution in [1.29, 1.82) is 0 Å². The fraction of sp³-hybridized carbons (Fsp3) is 0.200. The zero-order valence-electron chi connectivity index (χ0n) is 29.6. The van der Waals surface area contributed by atoms with E-state index < -0.39 is 0 Å². The maximum atomic E-state index is 2.53. The molecule has 0 unspecified atom stereocenters. The van der Waals surface area contributed by atoms with Crippen LogP contribution in [0, 0.1) is 5.92 Å². The number of anilines is 3. The van der Waals surface area contributed by atoms with Crippen LogP contribution in [0.1, 0.15) is 62.6 Å². The average Bonchev–Trinajstić information content (AvgIpc) is 3.87. The number of hydrogen-bond acceptors (Lipinski definition) is 1. The van der Waals surface area contributed by atoms with Crippen molar-refractivity contribution < 1.29 is 0 Å². The van der Waals surface area contributed by atoms with Crippen LogP contribution in [-0.2, 0) is 10.8 Å². The maximum absolute atomic E-state index is 2.53. The lowest BCUT2D eigenvalue weighted by Gasteiger charge is -2.33. The SMILES string of the molecule is CC1(C)c2ccccc2-c2cccc(N(c3ccc(C45CCC(CC4)C5)cc3)c3cccc(-c4cccc5cccc(-c6ccccc6)c45)c3)c21. The Labute approximate surface area is 302 Å². The van der Waals surface area contributed by atoms with Crippen molar-refractivity contribution in [3.63, 3.8) is 0 Å². The summed E-state index contributed by atoms with van der Waals surface area (Å²) in [6, 6.07) is 59.1. The molecular formula is C50H43N. The predicted octanol–water partition coefficient (Wildman–Crippen LogP) is 13.8. The summed E-state index contributed by atoms with van der Waals surface area (Å²) in [5, 5.41) is 2.55. The molecule has 3 aliphatic carbocycles. The second-order valence-electron chi connectivity index (χ2n) is 15.8. The molecule has 51 heavy (non-hydrogen) atoms. The summed E-state index contributed by atoms with van der Waals surface area (Å²) >= 11 is 0. The number of fused-ring (bicyclic) bond motifs is 6. The number of benzene rings is 7. The molecule has 10 rings (SSSR count). The van der Waals surface area contributed by atoms with Crippen LogP contribution >= 0.6 is 0 Å². The van der Waals surface area contributed by atoms with E-state index in [1.807, 2.05) is 0 Å². The molecule has 0 saturated heterocycles. The predicted molar refractivity (Wildman–Crippen MR) is 215 cm³/mol. The molecule has 2 saturated carbocycles. The van der Waals surface area contributed by atoms with Crippen LogP contribution in [0.4, 0.5) is 17.1 Å². The Bertz CT molecular complexity index is 2420. The Morgan fingerprint density at radius 1 is 0.529 bits per heavy atom. The lowest BCUT2D eigenvalue weighted by molar-refractivity contribution is 0.419. The van der Waals surface area contributed by atoms with Gasteiger partial charge in [-0.2, -0.15) is 0 Å². The minimum absolute atomic E-state index is 0.139. The van der Waals surface area contributed by atoms with Crippen molar-refractivity contribution in [2.75, 3.05) is 4.90 Å². The van der Waals surface area contributed by atoms with Gasteiger partial charge in [0.15, 0.2) is 0 Å². The highest BCUT2D eigenvalue weighted by Gasteiger charge is 2.46. The summed E-state index contributed by atoms with van der Waals surface area (Å²) in [5.74, 6) is 0.927. The molecule has 0 spiro atoms. The van der Waals surface area contributed by atoms with Gasteiger partial charge >= 0.3 is 0 Å². The first kappa shape index (κ1) is 30.4. The van der Waals surface area contributed by atoms with Crippen LogP contribution in [0.3, 0.4) is 0 Å². The van der Waals surface area contributed by atoms with Gasteiger partial charge in [-0.15, -0.1) is 0 Å². The molecule has 0 N–H and O–H groups in total.